The Morgan fingerprint density at radius 3 is 2.45 bits per heavy atom. The average molecular weight is 590 g/mol. The smallest absolute Gasteiger partial charge is 0.240 e. The third kappa shape index (κ3) is 5.62. The van der Waals surface area contributed by atoms with Gasteiger partial charge in [-0.3, -0.25) is 0 Å². The summed E-state index contributed by atoms with van der Waals surface area (Å²) in [6, 6.07) is 13.5. The highest BCUT2D eigenvalue weighted by atomic mass is 79.9. The molecule has 0 amide bonds. The largest absolute Gasteiger partial charge is 0.370 e. The molecule has 0 unspecified atom stereocenters. The number of hydrogen-bond acceptors (Lipinski definition) is 5. The second-order valence-electron chi connectivity index (χ2n) is 7.02. The molecular weight excluding hydrogens is 573 g/mol. The van der Waals surface area contributed by atoms with Crippen molar-refractivity contribution in [2.45, 2.75) is 11.3 Å². The maximum Gasteiger partial charge on any atom is 0.240 e. The van der Waals surface area contributed by atoms with Gasteiger partial charge in [0.25, 0.3) is 0 Å². The zero-order valence-electron chi connectivity index (χ0n) is 16.9. The van der Waals surface area contributed by atoms with E-state index in [1.54, 1.807) is 16.8 Å². The minimum absolute atomic E-state index is 0.0228. The van der Waals surface area contributed by atoms with Crippen molar-refractivity contribution in [1.29, 1.82) is 0 Å². The molecule has 2 aromatic heterocycles. The van der Waals surface area contributed by atoms with Gasteiger partial charge in [-0.2, -0.15) is 9.61 Å². The molecule has 0 aliphatic rings. The van der Waals surface area contributed by atoms with Crippen molar-refractivity contribution in [1.82, 2.24) is 19.3 Å². The molecule has 33 heavy (non-hydrogen) atoms. The number of fused-ring (bicyclic) bond motifs is 1. The molecule has 0 spiro atoms. The highest BCUT2D eigenvalue weighted by molar-refractivity contribution is 9.10. The molecule has 0 saturated heterocycles. The predicted molar refractivity (Wildman–Crippen MR) is 136 cm³/mol. The van der Waals surface area contributed by atoms with Crippen LogP contribution in [0.25, 0.3) is 16.9 Å². The summed E-state index contributed by atoms with van der Waals surface area (Å²) in [4.78, 5) is 4.69. The van der Waals surface area contributed by atoms with E-state index >= 15 is 0 Å². The van der Waals surface area contributed by atoms with Crippen LogP contribution in [0.1, 0.15) is 6.42 Å². The van der Waals surface area contributed by atoms with Crippen LogP contribution >= 0.6 is 50.7 Å². The van der Waals surface area contributed by atoms with E-state index in [-0.39, 0.29) is 21.5 Å². The van der Waals surface area contributed by atoms with Crippen LogP contribution in [0.4, 0.5) is 5.82 Å². The molecule has 172 valence electrons. The first-order chi connectivity index (χ1) is 15.7. The second-order valence-corrected chi connectivity index (χ2v) is 10.9. The number of sulfonamides is 1. The highest BCUT2D eigenvalue weighted by Gasteiger charge is 2.16. The molecule has 2 heterocycles. The standard InChI is InChI=1S/C21H17BrCl3N5O2S/c22-17-12-27-30-20(11-19(29-21(17)30)16-4-1-2-5-18(16)25)26-6-3-7-28-33(31,32)15-9-13(23)8-14(24)10-15/h1-2,4-5,8-12,26,28H,3,6-7H2. The number of halogens is 4. The Labute approximate surface area is 214 Å². The van der Waals surface area contributed by atoms with Gasteiger partial charge in [0.15, 0.2) is 5.65 Å². The van der Waals surface area contributed by atoms with Gasteiger partial charge in [-0.15, -0.1) is 0 Å². The minimum atomic E-state index is -3.72. The minimum Gasteiger partial charge on any atom is -0.370 e. The Balaban J connectivity index is 1.46. The number of benzene rings is 2. The fraction of sp³-hybridized carbons (Fsp3) is 0.143. The quantitative estimate of drug-likeness (QED) is 0.250. The van der Waals surface area contributed by atoms with Gasteiger partial charge in [-0.25, -0.2) is 18.1 Å². The molecule has 0 fully saturated rings. The number of hydrogen-bond donors (Lipinski definition) is 2. The Kier molecular flexibility index (Phi) is 7.47. The molecule has 0 radical (unpaired) electrons. The van der Waals surface area contributed by atoms with Crippen molar-refractivity contribution in [2.75, 3.05) is 18.4 Å². The lowest BCUT2D eigenvalue weighted by atomic mass is 10.1. The first-order valence-corrected chi connectivity index (χ1v) is 13.1. The van der Waals surface area contributed by atoms with Gasteiger partial charge >= 0.3 is 0 Å². The van der Waals surface area contributed by atoms with Crippen LogP contribution in [0.2, 0.25) is 15.1 Å². The molecular formula is C21H17BrCl3N5O2S. The normalized spacial score (nSPS) is 11.8. The number of rotatable bonds is 8. The first kappa shape index (κ1) is 24.3. The number of aromatic nitrogens is 3. The highest BCUT2D eigenvalue weighted by Crippen LogP contribution is 2.30. The second kappa shape index (κ2) is 10.2. The Hall–Kier alpha value is -1.88. The Bertz CT molecular complexity index is 1410. The number of nitrogens with zero attached hydrogens (tertiary/aromatic N) is 3. The molecule has 4 rings (SSSR count). The van der Waals surface area contributed by atoms with Crippen LogP contribution in [0, 0.1) is 0 Å². The van der Waals surface area contributed by atoms with Crippen LogP contribution in [0.5, 0.6) is 0 Å². The van der Waals surface area contributed by atoms with Gasteiger partial charge in [-0.05, 0) is 46.6 Å². The summed E-state index contributed by atoms with van der Waals surface area (Å²) in [5.41, 5.74) is 2.12. The fourth-order valence-electron chi connectivity index (χ4n) is 3.15. The Morgan fingerprint density at radius 2 is 1.73 bits per heavy atom. The summed E-state index contributed by atoms with van der Waals surface area (Å²) < 4.78 is 30.0. The van der Waals surface area contributed by atoms with Crippen LogP contribution in [-0.4, -0.2) is 36.1 Å². The van der Waals surface area contributed by atoms with Gasteiger partial charge in [-0.1, -0.05) is 53.0 Å². The van der Waals surface area contributed by atoms with Crippen LogP contribution in [0.3, 0.4) is 0 Å². The average Bonchev–Trinajstić information content (AvgIpc) is 3.14. The maximum atomic E-state index is 12.5. The molecule has 2 N–H and O–H groups in total. The molecule has 0 saturated carbocycles. The van der Waals surface area contributed by atoms with E-state index < -0.39 is 10.0 Å². The predicted octanol–water partition coefficient (Wildman–Crippen LogP) is 5.90. The lowest BCUT2D eigenvalue weighted by Crippen LogP contribution is -2.26. The van der Waals surface area contributed by atoms with Crippen molar-refractivity contribution < 1.29 is 8.42 Å². The maximum absolute atomic E-state index is 12.5. The van der Waals surface area contributed by atoms with Gasteiger partial charge in [0.05, 0.1) is 21.3 Å². The lowest BCUT2D eigenvalue weighted by Gasteiger charge is -2.12. The third-order valence-corrected chi connectivity index (χ3v) is 7.44. The van der Waals surface area contributed by atoms with Crippen molar-refractivity contribution in [3.63, 3.8) is 0 Å². The van der Waals surface area contributed by atoms with Gasteiger partial charge in [0.1, 0.15) is 5.82 Å². The molecule has 0 bridgehead atoms. The molecule has 0 atom stereocenters. The lowest BCUT2D eigenvalue weighted by molar-refractivity contribution is 0.580. The van der Waals surface area contributed by atoms with E-state index in [1.165, 1.54) is 18.2 Å². The number of nitrogens with one attached hydrogen (secondary N) is 2. The summed E-state index contributed by atoms with van der Waals surface area (Å²) in [5, 5.41) is 8.74. The van der Waals surface area contributed by atoms with E-state index in [0.29, 0.717) is 35.1 Å². The fourth-order valence-corrected chi connectivity index (χ4v) is 5.53. The summed E-state index contributed by atoms with van der Waals surface area (Å²) in [6.45, 7) is 0.700. The SMILES string of the molecule is O=S(=O)(NCCCNc1cc(-c2ccccc2Cl)nc2c(Br)cnn12)c1cc(Cl)cc(Cl)c1. The van der Waals surface area contributed by atoms with Crippen LogP contribution in [0.15, 0.2) is 64.1 Å². The number of anilines is 1. The zero-order valence-corrected chi connectivity index (χ0v) is 21.6. The molecule has 2 aromatic carbocycles. The van der Waals surface area contributed by atoms with E-state index in [9.17, 15) is 8.42 Å². The van der Waals surface area contributed by atoms with E-state index in [2.05, 4.69) is 36.1 Å². The molecule has 12 heteroatoms. The monoisotopic (exact) mass is 587 g/mol. The molecule has 0 aliphatic heterocycles. The molecule has 7 nitrogen and oxygen atoms in total. The summed E-state index contributed by atoms with van der Waals surface area (Å²) in [6.07, 6.45) is 2.18. The van der Waals surface area contributed by atoms with Gasteiger partial charge < -0.3 is 5.32 Å². The van der Waals surface area contributed by atoms with E-state index in [1.807, 2.05) is 24.3 Å². The zero-order chi connectivity index (χ0) is 23.6. The third-order valence-electron chi connectivity index (χ3n) is 4.68. The van der Waals surface area contributed by atoms with Crippen LogP contribution < -0.4 is 10.0 Å². The Morgan fingerprint density at radius 1 is 1.00 bits per heavy atom. The van der Waals surface area contributed by atoms with Crippen molar-refractivity contribution in [3.05, 3.63) is 74.3 Å². The molecule has 0 aliphatic carbocycles. The summed E-state index contributed by atoms with van der Waals surface area (Å²) in [5.74, 6) is 0.699. The summed E-state index contributed by atoms with van der Waals surface area (Å²) >= 11 is 21.7. The summed E-state index contributed by atoms with van der Waals surface area (Å²) in [7, 11) is -3.72. The van der Waals surface area contributed by atoms with E-state index in [4.69, 9.17) is 34.8 Å². The molecule has 4 aromatic rings. The van der Waals surface area contributed by atoms with Crippen molar-refractivity contribution in [2.24, 2.45) is 0 Å². The van der Waals surface area contributed by atoms with Crippen LogP contribution in [-0.2, 0) is 10.0 Å². The van der Waals surface area contributed by atoms with Crippen molar-refractivity contribution in [3.8, 4) is 11.3 Å². The van der Waals surface area contributed by atoms with E-state index in [0.717, 1.165) is 10.0 Å². The van der Waals surface area contributed by atoms with Gasteiger partial charge in [0.2, 0.25) is 10.0 Å². The topological polar surface area (TPSA) is 88.4 Å². The van der Waals surface area contributed by atoms with Gasteiger partial charge in [0, 0.05) is 39.8 Å². The van der Waals surface area contributed by atoms with Crippen molar-refractivity contribution >= 4 is 72.2 Å². The first-order valence-electron chi connectivity index (χ1n) is 9.73.